The van der Waals surface area contributed by atoms with E-state index in [4.69, 9.17) is 4.52 Å². The standard InChI is InChI=1S/C7H17O6P/c1-4-5-6-7-11-14(8,12-9-2)13-10-3/h4-7H2,1-3H3. The Morgan fingerprint density at radius 1 is 1.07 bits per heavy atom. The average molecular weight is 228 g/mol. The van der Waals surface area contributed by atoms with Crippen LogP contribution in [0.3, 0.4) is 0 Å². The lowest BCUT2D eigenvalue weighted by Gasteiger charge is -2.12. The molecule has 0 heterocycles. The minimum absolute atomic E-state index is 0.276. The monoisotopic (exact) mass is 228 g/mol. The van der Waals surface area contributed by atoms with E-state index >= 15 is 0 Å². The third-order valence-electron chi connectivity index (χ3n) is 1.33. The van der Waals surface area contributed by atoms with Crippen LogP contribution in [-0.4, -0.2) is 20.8 Å². The summed E-state index contributed by atoms with van der Waals surface area (Å²) < 4.78 is 25.0. The summed E-state index contributed by atoms with van der Waals surface area (Å²) in [6.07, 6.45) is 2.81. The van der Waals surface area contributed by atoms with Gasteiger partial charge in [-0.2, -0.15) is 0 Å². The fraction of sp³-hybridized carbons (Fsp3) is 1.00. The van der Waals surface area contributed by atoms with Gasteiger partial charge in [0.15, 0.2) is 0 Å². The summed E-state index contributed by atoms with van der Waals surface area (Å²) in [4.78, 5) is 8.45. The Morgan fingerprint density at radius 2 is 1.64 bits per heavy atom. The van der Waals surface area contributed by atoms with Crippen molar-refractivity contribution < 1.29 is 28.2 Å². The highest BCUT2D eigenvalue weighted by atomic mass is 31.2. The molecule has 0 atom stereocenters. The summed E-state index contributed by atoms with van der Waals surface area (Å²) in [7, 11) is -1.29. The molecule has 0 aliphatic heterocycles. The maximum Gasteiger partial charge on any atom is 0.529 e. The minimum atomic E-state index is -3.70. The summed E-state index contributed by atoms with van der Waals surface area (Å²) >= 11 is 0. The molecule has 0 amide bonds. The van der Waals surface area contributed by atoms with Gasteiger partial charge in [-0.25, -0.2) is 14.3 Å². The van der Waals surface area contributed by atoms with Gasteiger partial charge in [0.05, 0.1) is 20.8 Å². The first-order valence-electron chi connectivity index (χ1n) is 4.38. The van der Waals surface area contributed by atoms with Crippen molar-refractivity contribution in [1.29, 1.82) is 0 Å². The molecular formula is C7H17O6P. The molecule has 0 fully saturated rings. The van der Waals surface area contributed by atoms with Gasteiger partial charge in [-0.1, -0.05) is 19.8 Å². The summed E-state index contributed by atoms with van der Waals surface area (Å²) in [6.45, 7) is 2.33. The maximum atomic E-state index is 11.5. The van der Waals surface area contributed by atoms with Crippen LogP contribution in [0.1, 0.15) is 26.2 Å². The second kappa shape index (κ2) is 8.35. The highest BCUT2D eigenvalue weighted by Crippen LogP contribution is 2.49. The zero-order chi connectivity index (χ0) is 10.9. The van der Waals surface area contributed by atoms with Crippen molar-refractivity contribution in [2.75, 3.05) is 20.8 Å². The first-order chi connectivity index (χ1) is 6.68. The van der Waals surface area contributed by atoms with Crippen LogP contribution in [0, 0.1) is 0 Å². The van der Waals surface area contributed by atoms with Gasteiger partial charge in [-0.05, 0) is 6.42 Å². The van der Waals surface area contributed by atoms with Crippen LogP contribution in [0.15, 0.2) is 0 Å². The van der Waals surface area contributed by atoms with Crippen LogP contribution in [0.4, 0.5) is 0 Å². The molecule has 0 rings (SSSR count). The third kappa shape index (κ3) is 6.48. The van der Waals surface area contributed by atoms with Crippen LogP contribution in [0.5, 0.6) is 0 Å². The molecule has 0 aromatic heterocycles. The van der Waals surface area contributed by atoms with Gasteiger partial charge in [0.2, 0.25) is 0 Å². The van der Waals surface area contributed by atoms with Gasteiger partial charge < -0.3 is 0 Å². The van der Waals surface area contributed by atoms with Gasteiger partial charge in [-0.3, -0.25) is 4.52 Å². The smallest absolute Gasteiger partial charge is 0.284 e. The maximum absolute atomic E-state index is 11.5. The van der Waals surface area contributed by atoms with E-state index in [-0.39, 0.29) is 6.61 Å². The van der Waals surface area contributed by atoms with Crippen molar-refractivity contribution in [2.45, 2.75) is 26.2 Å². The highest BCUT2D eigenvalue weighted by molar-refractivity contribution is 7.48. The topological polar surface area (TPSA) is 63.2 Å². The normalized spacial score (nSPS) is 11.9. The first-order valence-corrected chi connectivity index (χ1v) is 5.84. The molecule has 0 aromatic carbocycles. The summed E-state index contributed by atoms with van der Waals surface area (Å²) in [5.41, 5.74) is 0. The molecule has 0 aromatic rings. The van der Waals surface area contributed by atoms with Gasteiger partial charge in [0.1, 0.15) is 0 Å². The Labute approximate surface area is 83.9 Å². The Kier molecular flexibility index (Phi) is 8.37. The SMILES string of the molecule is CCCCCOP(=O)(OOC)OOC. The molecule has 0 saturated carbocycles. The van der Waals surface area contributed by atoms with Crippen molar-refractivity contribution in [1.82, 2.24) is 0 Å². The van der Waals surface area contributed by atoms with Crippen LogP contribution >= 0.6 is 7.82 Å². The number of unbranched alkanes of at least 4 members (excludes halogenated alkanes) is 2. The molecule has 0 aliphatic carbocycles. The lowest BCUT2D eigenvalue weighted by molar-refractivity contribution is -0.259. The zero-order valence-electron chi connectivity index (χ0n) is 8.73. The molecule has 0 bridgehead atoms. The molecule has 0 aliphatic rings. The van der Waals surface area contributed by atoms with Gasteiger partial charge in [0, 0.05) is 0 Å². The van der Waals surface area contributed by atoms with Crippen molar-refractivity contribution >= 4 is 7.82 Å². The first kappa shape index (κ1) is 14.0. The second-order valence-electron chi connectivity index (χ2n) is 2.47. The molecule has 0 unspecified atom stereocenters. The molecule has 14 heavy (non-hydrogen) atoms. The van der Waals surface area contributed by atoms with E-state index in [1.807, 2.05) is 0 Å². The summed E-state index contributed by atoms with van der Waals surface area (Å²) in [5.74, 6) is 0. The molecular weight excluding hydrogens is 211 g/mol. The van der Waals surface area contributed by atoms with Crippen molar-refractivity contribution in [3.63, 3.8) is 0 Å². The fourth-order valence-electron chi connectivity index (χ4n) is 0.766. The van der Waals surface area contributed by atoms with Crippen LogP contribution in [0.2, 0.25) is 0 Å². The molecule has 7 heteroatoms. The second-order valence-corrected chi connectivity index (χ2v) is 3.92. The molecule has 86 valence electrons. The third-order valence-corrected chi connectivity index (χ3v) is 2.49. The van der Waals surface area contributed by atoms with Crippen LogP contribution in [-0.2, 0) is 28.2 Å². The zero-order valence-corrected chi connectivity index (χ0v) is 9.62. The highest BCUT2D eigenvalue weighted by Gasteiger charge is 2.29. The molecule has 0 radical (unpaired) electrons. The van der Waals surface area contributed by atoms with Crippen LogP contribution < -0.4 is 0 Å². The number of hydrogen-bond acceptors (Lipinski definition) is 6. The molecule has 0 saturated heterocycles. The van der Waals surface area contributed by atoms with E-state index < -0.39 is 7.82 Å². The van der Waals surface area contributed by atoms with E-state index in [9.17, 15) is 4.57 Å². The lowest BCUT2D eigenvalue weighted by Crippen LogP contribution is -2.00. The lowest BCUT2D eigenvalue weighted by atomic mass is 10.3. The number of hydrogen-bond donors (Lipinski definition) is 0. The Balaban J connectivity index is 3.78. The molecule has 6 nitrogen and oxygen atoms in total. The molecule has 0 N–H and O–H groups in total. The van der Waals surface area contributed by atoms with Crippen LogP contribution in [0.25, 0.3) is 0 Å². The van der Waals surface area contributed by atoms with Crippen molar-refractivity contribution in [3.05, 3.63) is 0 Å². The van der Waals surface area contributed by atoms with E-state index in [2.05, 4.69) is 26.0 Å². The fourth-order valence-corrected chi connectivity index (χ4v) is 1.60. The van der Waals surface area contributed by atoms with Gasteiger partial charge in [-0.15, -0.1) is 9.35 Å². The van der Waals surface area contributed by atoms with Crippen molar-refractivity contribution in [3.8, 4) is 0 Å². The Morgan fingerprint density at radius 3 is 2.07 bits per heavy atom. The quantitative estimate of drug-likeness (QED) is 0.261. The van der Waals surface area contributed by atoms with E-state index in [0.29, 0.717) is 0 Å². The largest absolute Gasteiger partial charge is 0.529 e. The van der Waals surface area contributed by atoms with Gasteiger partial charge >= 0.3 is 7.82 Å². The Hall–Kier alpha value is 0.0300. The van der Waals surface area contributed by atoms with Crippen molar-refractivity contribution in [2.24, 2.45) is 0 Å². The van der Waals surface area contributed by atoms with E-state index in [0.717, 1.165) is 19.3 Å². The number of phosphoric acid groups is 1. The number of rotatable bonds is 9. The summed E-state index contributed by atoms with van der Waals surface area (Å²) in [5, 5.41) is 0. The average Bonchev–Trinajstić information content (AvgIpc) is 2.13. The van der Waals surface area contributed by atoms with E-state index in [1.165, 1.54) is 14.2 Å². The predicted octanol–water partition coefficient (Wildman–Crippen LogP) is 2.46. The minimum Gasteiger partial charge on any atom is -0.284 e. The molecule has 0 spiro atoms. The predicted molar refractivity (Wildman–Crippen MR) is 49.3 cm³/mol. The van der Waals surface area contributed by atoms with E-state index in [1.54, 1.807) is 0 Å². The summed E-state index contributed by atoms with van der Waals surface area (Å²) in [6, 6.07) is 0. The Bertz CT molecular complexity index is 164. The van der Waals surface area contributed by atoms with Gasteiger partial charge in [0.25, 0.3) is 0 Å².